The van der Waals surface area contributed by atoms with Crippen molar-refractivity contribution in [1.29, 1.82) is 0 Å². The molecule has 17 heavy (non-hydrogen) atoms. The van der Waals surface area contributed by atoms with Crippen LogP contribution in [-0.2, 0) is 4.74 Å². The van der Waals surface area contributed by atoms with Gasteiger partial charge in [0.25, 0.3) is 0 Å². The Kier molecular flexibility index (Phi) is 3.10. The summed E-state index contributed by atoms with van der Waals surface area (Å²) in [5.41, 5.74) is 1.89. The molecule has 0 unspecified atom stereocenters. The van der Waals surface area contributed by atoms with Crippen LogP contribution >= 0.6 is 0 Å². The minimum absolute atomic E-state index is 0.395. The summed E-state index contributed by atoms with van der Waals surface area (Å²) < 4.78 is 6.42. The quantitative estimate of drug-likeness (QED) is 0.553. The molecule has 86 valence electrons. The molecule has 0 bridgehead atoms. The molecule has 0 amide bonds. The molecule has 0 N–H and O–H groups in total. The lowest BCUT2D eigenvalue weighted by Crippen LogP contribution is -2.08. The van der Waals surface area contributed by atoms with Gasteiger partial charge in [0.15, 0.2) is 0 Å². The maximum Gasteiger partial charge on any atom is 0.355 e. The number of esters is 1. The van der Waals surface area contributed by atoms with E-state index in [-0.39, 0.29) is 0 Å². The van der Waals surface area contributed by atoms with Gasteiger partial charge in [-0.2, -0.15) is 0 Å². The van der Waals surface area contributed by atoms with Crippen molar-refractivity contribution in [2.75, 3.05) is 7.11 Å². The third kappa shape index (κ3) is 2.13. The molecular weight excluding hydrogens is 216 g/mol. The van der Waals surface area contributed by atoms with E-state index in [2.05, 4.69) is 16.8 Å². The second-order valence-corrected chi connectivity index (χ2v) is 3.43. The van der Waals surface area contributed by atoms with Crippen molar-refractivity contribution in [1.82, 2.24) is 9.38 Å². The zero-order chi connectivity index (χ0) is 12.3. The Morgan fingerprint density at radius 1 is 1.53 bits per heavy atom. The largest absolute Gasteiger partial charge is 0.464 e. The monoisotopic (exact) mass is 228 g/mol. The number of rotatable bonds is 1. The van der Waals surface area contributed by atoms with Gasteiger partial charge in [0.05, 0.1) is 7.11 Å². The Labute approximate surface area is 99.2 Å². The molecule has 0 spiro atoms. The highest BCUT2D eigenvalue weighted by atomic mass is 16.5. The molecule has 4 heteroatoms. The number of methoxy groups -OCH3 is 1. The van der Waals surface area contributed by atoms with Crippen molar-refractivity contribution < 1.29 is 9.53 Å². The van der Waals surface area contributed by atoms with Crippen molar-refractivity contribution in [2.45, 2.75) is 13.3 Å². The number of hydrogen-bond donors (Lipinski definition) is 0. The van der Waals surface area contributed by atoms with Gasteiger partial charge in [0, 0.05) is 24.4 Å². The Balaban J connectivity index is 2.62. The maximum absolute atomic E-state index is 11.6. The third-order valence-corrected chi connectivity index (χ3v) is 2.31. The van der Waals surface area contributed by atoms with Crippen molar-refractivity contribution in [2.24, 2.45) is 0 Å². The minimum Gasteiger partial charge on any atom is -0.464 e. The summed E-state index contributed by atoms with van der Waals surface area (Å²) in [5, 5.41) is 0. The van der Waals surface area contributed by atoms with E-state index >= 15 is 0 Å². The summed E-state index contributed by atoms with van der Waals surface area (Å²) in [4.78, 5) is 15.8. The number of ether oxygens (including phenoxy) is 1. The SMILES string of the molecule is CCC#Cc1cc(C(=O)OC)n2ccnc2c1. The molecule has 0 fully saturated rings. The maximum atomic E-state index is 11.6. The van der Waals surface area contributed by atoms with Gasteiger partial charge >= 0.3 is 5.97 Å². The second-order valence-electron chi connectivity index (χ2n) is 3.43. The molecule has 0 aromatic carbocycles. The van der Waals surface area contributed by atoms with E-state index < -0.39 is 5.97 Å². The molecule has 0 aliphatic rings. The van der Waals surface area contributed by atoms with Gasteiger partial charge in [-0.1, -0.05) is 18.8 Å². The fourth-order valence-corrected chi connectivity index (χ4v) is 1.55. The average Bonchev–Trinajstić information content (AvgIpc) is 2.82. The molecule has 2 aromatic rings. The van der Waals surface area contributed by atoms with Crippen molar-refractivity contribution in [3.63, 3.8) is 0 Å². The van der Waals surface area contributed by atoms with E-state index in [9.17, 15) is 4.79 Å². The van der Waals surface area contributed by atoms with Gasteiger partial charge in [-0.05, 0) is 12.1 Å². The van der Waals surface area contributed by atoms with Crippen molar-refractivity contribution in [3.05, 3.63) is 35.8 Å². The molecular formula is C13H12N2O2. The predicted molar refractivity (Wildman–Crippen MR) is 63.7 cm³/mol. The van der Waals surface area contributed by atoms with Crippen LogP contribution in [0.4, 0.5) is 0 Å². The number of carbonyl (C=O) groups is 1. The van der Waals surface area contributed by atoms with Crippen LogP contribution in [0.1, 0.15) is 29.4 Å². The first-order chi connectivity index (χ1) is 8.26. The molecule has 0 saturated carbocycles. The van der Waals surface area contributed by atoms with Gasteiger partial charge in [-0.3, -0.25) is 4.40 Å². The fraction of sp³-hybridized carbons (Fsp3) is 0.231. The van der Waals surface area contributed by atoms with Crippen molar-refractivity contribution in [3.8, 4) is 11.8 Å². The standard InChI is InChI=1S/C13H12N2O2/c1-3-4-5-10-8-11(13(16)17-2)15-7-6-14-12(15)9-10/h6-9H,3H2,1-2H3. The number of nitrogens with zero attached hydrogens (tertiary/aromatic N) is 2. The van der Waals surface area contributed by atoms with Crippen LogP contribution in [0.5, 0.6) is 0 Å². The summed E-state index contributed by atoms with van der Waals surface area (Å²) in [6, 6.07) is 3.55. The van der Waals surface area contributed by atoms with Gasteiger partial charge in [0.1, 0.15) is 11.3 Å². The van der Waals surface area contributed by atoms with E-state index in [4.69, 9.17) is 4.74 Å². The number of pyridine rings is 1. The summed E-state index contributed by atoms with van der Waals surface area (Å²) in [5.74, 6) is 5.56. The smallest absolute Gasteiger partial charge is 0.355 e. The second kappa shape index (κ2) is 4.71. The first-order valence-corrected chi connectivity index (χ1v) is 5.30. The van der Waals surface area contributed by atoms with E-state index in [1.54, 1.807) is 22.9 Å². The zero-order valence-corrected chi connectivity index (χ0v) is 9.73. The van der Waals surface area contributed by atoms with Crippen LogP contribution in [0.2, 0.25) is 0 Å². The minimum atomic E-state index is -0.395. The lowest BCUT2D eigenvalue weighted by Gasteiger charge is -2.04. The molecule has 4 nitrogen and oxygen atoms in total. The molecule has 0 aliphatic heterocycles. The Hall–Kier alpha value is -2.28. The summed E-state index contributed by atoms with van der Waals surface area (Å²) in [7, 11) is 1.36. The number of imidazole rings is 1. The van der Waals surface area contributed by atoms with E-state index in [0.717, 1.165) is 12.0 Å². The van der Waals surface area contributed by atoms with Gasteiger partial charge in [-0.15, -0.1) is 0 Å². The molecule has 0 saturated heterocycles. The lowest BCUT2D eigenvalue weighted by molar-refractivity contribution is 0.0592. The number of aromatic nitrogens is 2. The number of fused-ring (bicyclic) bond motifs is 1. The summed E-state index contributed by atoms with van der Waals surface area (Å²) in [6.45, 7) is 1.97. The first kappa shape index (κ1) is 11.2. The highest BCUT2D eigenvalue weighted by Gasteiger charge is 2.11. The molecule has 0 atom stereocenters. The normalized spacial score (nSPS) is 9.76. The molecule has 2 heterocycles. The summed E-state index contributed by atoms with van der Waals surface area (Å²) in [6.07, 6.45) is 4.13. The molecule has 2 aromatic heterocycles. The average molecular weight is 228 g/mol. The topological polar surface area (TPSA) is 43.6 Å². The summed E-state index contributed by atoms with van der Waals surface area (Å²) >= 11 is 0. The van der Waals surface area contributed by atoms with Crippen molar-refractivity contribution >= 4 is 11.6 Å². The number of carbonyl (C=O) groups excluding carboxylic acids is 1. The van der Waals surface area contributed by atoms with E-state index in [1.165, 1.54) is 7.11 Å². The Bertz CT molecular complexity index is 617. The first-order valence-electron chi connectivity index (χ1n) is 5.30. The fourth-order valence-electron chi connectivity index (χ4n) is 1.55. The molecule has 0 radical (unpaired) electrons. The highest BCUT2D eigenvalue weighted by Crippen LogP contribution is 2.11. The van der Waals surface area contributed by atoms with Gasteiger partial charge in [0.2, 0.25) is 0 Å². The van der Waals surface area contributed by atoms with E-state index in [0.29, 0.717) is 11.3 Å². The third-order valence-electron chi connectivity index (χ3n) is 2.31. The molecule has 0 aliphatic carbocycles. The van der Waals surface area contributed by atoms with Gasteiger partial charge < -0.3 is 4.74 Å². The molecule has 2 rings (SSSR count). The zero-order valence-electron chi connectivity index (χ0n) is 9.73. The van der Waals surface area contributed by atoms with Gasteiger partial charge in [-0.25, -0.2) is 9.78 Å². The van der Waals surface area contributed by atoms with E-state index in [1.807, 2.05) is 13.0 Å². The predicted octanol–water partition coefficient (Wildman–Crippen LogP) is 1.88. The van der Waals surface area contributed by atoms with Crippen LogP contribution in [0, 0.1) is 11.8 Å². The van der Waals surface area contributed by atoms with Crippen LogP contribution in [0.15, 0.2) is 24.5 Å². The van der Waals surface area contributed by atoms with Crippen LogP contribution in [0.25, 0.3) is 5.65 Å². The lowest BCUT2D eigenvalue weighted by atomic mass is 10.2. The van der Waals surface area contributed by atoms with Crippen LogP contribution in [-0.4, -0.2) is 22.5 Å². The Morgan fingerprint density at radius 2 is 2.35 bits per heavy atom. The van der Waals surface area contributed by atoms with Crippen LogP contribution < -0.4 is 0 Å². The number of hydrogen-bond acceptors (Lipinski definition) is 3. The van der Waals surface area contributed by atoms with Crippen LogP contribution in [0.3, 0.4) is 0 Å². The highest BCUT2D eigenvalue weighted by molar-refractivity contribution is 5.89. The Morgan fingerprint density at radius 3 is 3.06 bits per heavy atom.